The lowest BCUT2D eigenvalue weighted by molar-refractivity contribution is 0.102. The molecule has 2 rings (SSSR count). The van der Waals surface area contributed by atoms with Gasteiger partial charge in [-0.25, -0.2) is 4.39 Å². The van der Waals surface area contributed by atoms with Crippen LogP contribution in [0.1, 0.15) is 15.9 Å². The SMILES string of the molecule is CNc1ccc(C(=O)Nc2cc(Cl)ccc2F)c(C)c1. The fourth-order valence-electron chi connectivity index (χ4n) is 1.86. The highest BCUT2D eigenvalue weighted by atomic mass is 35.5. The predicted octanol–water partition coefficient (Wildman–Crippen LogP) is 4.08. The molecule has 0 radical (unpaired) electrons. The molecule has 0 bridgehead atoms. The van der Waals surface area contributed by atoms with E-state index in [1.807, 2.05) is 13.0 Å². The molecule has 2 N–H and O–H groups in total. The average molecular weight is 293 g/mol. The van der Waals surface area contributed by atoms with E-state index >= 15 is 0 Å². The van der Waals surface area contributed by atoms with Gasteiger partial charge in [-0.3, -0.25) is 4.79 Å². The molecule has 0 aromatic heterocycles. The summed E-state index contributed by atoms with van der Waals surface area (Å²) in [7, 11) is 1.80. The van der Waals surface area contributed by atoms with E-state index in [9.17, 15) is 9.18 Å². The number of carbonyl (C=O) groups is 1. The lowest BCUT2D eigenvalue weighted by Gasteiger charge is -2.10. The van der Waals surface area contributed by atoms with Gasteiger partial charge in [0.1, 0.15) is 5.82 Å². The van der Waals surface area contributed by atoms with E-state index in [1.54, 1.807) is 19.2 Å². The van der Waals surface area contributed by atoms with Gasteiger partial charge in [-0.05, 0) is 48.9 Å². The van der Waals surface area contributed by atoms with Crippen molar-refractivity contribution in [1.29, 1.82) is 0 Å². The van der Waals surface area contributed by atoms with Gasteiger partial charge in [-0.1, -0.05) is 11.6 Å². The lowest BCUT2D eigenvalue weighted by atomic mass is 10.1. The quantitative estimate of drug-likeness (QED) is 0.895. The number of carbonyl (C=O) groups excluding carboxylic acids is 1. The van der Waals surface area contributed by atoms with E-state index in [-0.39, 0.29) is 11.6 Å². The Balaban J connectivity index is 2.26. The van der Waals surface area contributed by atoms with Crippen LogP contribution in [0.15, 0.2) is 36.4 Å². The third-order valence-corrected chi connectivity index (χ3v) is 3.17. The Hall–Kier alpha value is -2.07. The van der Waals surface area contributed by atoms with Crippen molar-refractivity contribution < 1.29 is 9.18 Å². The number of hydrogen-bond donors (Lipinski definition) is 2. The van der Waals surface area contributed by atoms with Gasteiger partial charge in [0.15, 0.2) is 0 Å². The second-order valence-corrected chi connectivity index (χ2v) is 4.79. The van der Waals surface area contributed by atoms with Crippen LogP contribution in [0.4, 0.5) is 15.8 Å². The van der Waals surface area contributed by atoms with Crippen LogP contribution in [0, 0.1) is 12.7 Å². The van der Waals surface area contributed by atoms with Gasteiger partial charge < -0.3 is 10.6 Å². The van der Waals surface area contributed by atoms with Crippen molar-refractivity contribution in [1.82, 2.24) is 0 Å². The van der Waals surface area contributed by atoms with Crippen molar-refractivity contribution in [3.8, 4) is 0 Å². The smallest absolute Gasteiger partial charge is 0.256 e. The second kappa shape index (κ2) is 5.92. The fourth-order valence-corrected chi connectivity index (χ4v) is 2.03. The fraction of sp³-hybridized carbons (Fsp3) is 0.133. The largest absolute Gasteiger partial charge is 0.388 e. The second-order valence-electron chi connectivity index (χ2n) is 4.36. The molecule has 0 fully saturated rings. The number of benzene rings is 2. The Morgan fingerprint density at radius 1 is 1.20 bits per heavy atom. The molecule has 0 aliphatic carbocycles. The summed E-state index contributed by atoms with van der Waals surface area (Å²) in [5.74, 6) is -0.890. The maximum atomic E-state index is 13.6. The van der Waals surface area contributed by atoms with E-state index in [0.29, 0.717) is 10.6 Å². The summed E-state index contributed by atoms with van der Waals surface area (Å²) in [6.07, 6.45) is 0. The van der Waals surface area contributed by atoms with E-state index in [1.165, 1.54) is 18.2 Å². The zero-order valence-electron chi connectivity index (χ0n) is 11.1. The Morgan fingerprint density at radius 3 is 2.60 bits per heavy atom. The minimum Gasteiger partial charge on any atom is -0.388 e. The summed E-state index contributed by atoms with van der Waals surface area (Å²) in [4.78, 5) is 12.2. The summed E-state index contributed by atoms with van der Waals surface area (Å²) in [5, 5.41) is 5.88. The lowest BCUT2D eigenvalue weighted by Crippen LogP contribution is -2.14. The topological polar surface area (TPSA) is 41.1 Å². The molecule has 0 heterocycles. The first kappa shape index (κ1) is 14.3. The number of aryl methyl sites for hydroxylation is 1. The van der Waals surface area contributed by atoms with Gasteiger partial charge in [0.05, 0.1) is 5.69 Å². The average Bonchev–Trinajstić information content (AvgIpc) is 2.42. The van der Waals surface area contributed by atoms with E-state index in [2.05, 4.69) is 10.6 Å². The summed E-state index contributed by atoms with van der Waals surface area (Å²) >= 11 is 5.79. The molecule has 0 aliphatic rings. The highest BCUT2D eigenvalue weighted by Gasteiger charge is 2.12. The van der Waals surface area contributed by atoms with Crippen LogP contribution in [0.25, 0.3) is 0 Å². The van der Waals surface area contributed by atoms with Crippen LogP contribution in [0.3, 0.4) is 0 Å². The molecule has 104 valence electrons. The number of nitrogens with one attached hydrogen (secondary N) is 2. The molecule has 0 spiro atoms. The van der Waals surface area contributed by atoms with Crippen molar-refractivity contribution in [2.45, 2.75) is 6.92 Å². The normalized spacial score (nSPS) is 10.2. The monoisotopic (exact) mass is 292 g/mol. The van der Waals surface area contributed by atoms with Crippen molar-refractivity contribution in [3.63, 3.8) is 0 Å². The van der Waals surface area contributed by atoms with Gasteiger partial charge in [0.25, 0.3) is 5.91 Å². The van der Waals surface area contributed by atoms with Crippen LogP contribution < -0.4 is 10.6 Å². The van der Waals surface area contributed by atoms with Gasteiger partial charge >= 0.3 is 0 Å². The Labute approximate surface area is 121 Å². The molecule has 0 unspecified atom stereocenters. The molecule has 3 nitrogen and oxygen atoms in total. The molecule has 20 heavy (non-hydrogen) atoms. The summed E-state index contributed by atoms with van der Waals surface area (Å²) in [6.45, 7) is 1.82. The molecular formula is C15H14ClFN2O. The van der Waals surface area contributed by atoms with Crippen LogP contribution in [-0.4, -0.2) is 13.0 Å². The first-order chi connectivity index (χ1) is 9.51. The molecule has 1 amide bonds. The van der Waals surface area contributed by atoms with E-state index in [4.69, 9.17) is 11.6 Å². The molecule has 0 saturated heterocycles. The van der Waals surface area contributed by atoms with Gasteiger partial charge in [-0.15, -0.1) is 0 Å². The Bertz CT molecular complexity index is 658. The van der Waals surface area contributed by atoms with E-state index in [0.717, 1.165) is 11.3 Å². The number of hydrogen-bond acceptors (Lipinski definition) is 2. The van der Waals surface area contributed by atoms with Crippen LogP contribution in [-0.2, 0) is 0 Å². The minimum atomic E-state index is -0.521. The highest BCUT2D eigenvalue weighted by molar-refractivity contribution is 6.31. The number of halogens is 2. The highest BCUT2D eigenvalue weighted by Crippen LogP contribution is 2.21. The van der Waals surface area contributed by atoms with Crippen LogP contribution >= 0.6 is 11.6 Å². The van der Waals surface area contributed by atoms with Crippen molar-refractivity contribution in [2.24, 2.45) is 0 Å². The zero-order chi connectivity index (χ0) is 14.7. The zero-order valence-corrected chi connectivity index (χ0v) is 11.9. The summed E-state index contributed by atoms with van der Waals surface area (Å²) < 4.78 is 13.6. The Morgan fingerprint density at radius 2 is 1.95 bits per heavy atom. The standard InChI is InChI=1S/C15H14ClFN2O/c1-9-7-11(18-2)4-5-12(9)15(20)19-14-8-10(16)3-6-13(14)17/h3-8,18H,1-2H3,(H,19,20). The predicted molar refractivity (Wildman–Crippen MR) is 80.1 cm³/mol. The number of amides is 1. The molecule has 5 heteroatoms. The maximum Gasteiger partial charge on any atom is 0.256 e. The summed E-state index contributed by atoms with van der Waals surface area (Å²) in [5.41, 5.74) is 2.27. The van der Waals surface area contributed by atoms with Crippen molar-refractivity contribution >= 4 is 28.9 Å². The third kappa shape index (κ3) is 3.08. The summed E-state index contributed by atoms with van der Waals surface area (Å²) in [6, 6.07) is 9.36. The van der Waals surface area contributed by atoms with Crippen molar-refractivity contribution in [3.05, 3.63) is 58.4 Å². The first-order valence-corrected chi connectivity index (χ1v) is 6.44. The minimum absolute atomic E-state index is 0.0691. The molecule has 0 saturated carbocycles. The van der Waals surface area contributed by atoms with E-state index < -0.39 is 5.82 Å². The van der Waals surface area contributed by atoms with Crippen LogP contribution in [0.5, 0.6) is 0 Å². The van der Waals surface area contributed by atoms with Gasteiger partial charge in [0, 0.05) is 23.3 Å². The molecule has 2 aromatic carbocycles. The van der Waals surface area contributed by atoms with Crippen LogP contribution in [0.2, 0.25) is 5.02 Å². The molecule has 2 aromatic rings. The van der Waals surface area contributed by atoms with Gasteiger partial charge in [0.2, 0.25) is 0 Å². The first-order valence-electron chi connectivity index (χ1n) is 6.06. The molecule has 0 aliphatic heterocycles. The van der Waals surface area contributed by atoms with Crippen molar-refractivity contribution in [2.75, 3.05) is 17.7 Å². The molecule has 0 atom stereocenters. The van der Waals surface area contributed by atoms with Gasteiger partial charge in [-0.2, -0.15) is 0 Å². The maximum absolute atomic E-state index is 13.6. The number of anilines is 2. The Kier molecular flexibility index (Phi) is 4.25. The molecular weight excluding hydrogens is 279 g/mol. The third-order valence-electron chi connectivity index (χ3n) is 2.94. The number of rotatable bonds is 3.